The van der Waals surface area contributed by atoms with Gasteiger partial charge in [-0.1, -0.05) is 18.2 Å². The second-order valence-electron chi connectivity index (χ2n) is 8.12. The topological polar surface area (TPSA) is 87.5 Å². The maximum absolute atomic E-state index is 12.5. The number of carbonyl (C=O) groups excluding carboxylic acids is 1. The van der Waals surface area contributed by atoms with Gasteiger partial charge in [0.15, 0.2) is 5.65 Å². The Morgan fingerprint density at radius 2 is 1.88 bits per heavy atom. The van der Waals surface area contributed by atoms with Gasteiger partial charge in [0.1, 0.15) is 5.69 Å². The second kappa shape index (κ2) is 9.15. The molecule has 1 amide bonds. The van der Waals surface area contributed by atoms with Crippen molar-refractivity contribution < 1.29 is 4.79 Å². The van der Waals surface area contributed by atoms with Crippen LogP contribution in [0.3, 0.4) is 0 Å². The predicted octanol–water partition coefficient (Wildman–Crippen LogP) is 3.44. The molecule has 0 atom stereocenters. The molecule has 2 heterocycles. The summed E-state index contributed by atoms with van der Waals surface area (Å²) in [4.78, 5) is 23.7. The molecule has 0 fully saturated rings. The third-order valence-electron chi connectivity index (χ3n) is 4.98. The monoisotopic (exact) mass is 429 g/mol. The van der Waals surface area contributed by atoms with Crippen molar-refractivity contribution in [2.75, 3.05) is 32.5 Å². The first kappa shape index (κ1) is 21.5. The fraction of sp³-hybridized carbons (Fsp3) is 0.250. The van der Waals surface area contributed by atoms with Gasteiger partial charge in [0.25, 0.3) is 5.91 Å². The predicted molar refractivity (Wildman–Crippen MR) is 126 cm³/mol. The number of carbonyl (C=O) groups is 1. The van der Waals surface area contributed by atoms with Gasteiger partial charge in [0.2, 0.25) is 5.95 Å². The van der Waals surface area contributed by atoms with Crippen LogP contribution in [0, 0.1) is 13.8 Å². The summed E-state index contributed by atoms with van der Waals surface area (Å²) in [5, 5.41) is 10.8. The molecule has 164 valence electrons. The molecule has 8 nitrogen and oxygen atoms in total. The molecule has 0 bridgehead atoms. The molecule has 0 aliphatic rings. The van der Waals surface area contributed by atoms with Gasteiger partial charge in [-0.25, -0.2) is 4.52 Å². The normalized spacial score (nSPS) is 11.2. The van der Waals surface area contributed by atoms with Gasteiger partial charge in [-0.3, -0.25) is 9.78 Å². The van der Waals surface area contributed by atoms with Crippen molar-refractivity contribution in [1.29, 1.82) is 0 Å². The van der Waals surface area contributed by atoms with Crippen LogP contribution in [0.1, 0.15) is 21.5 Å². The van der Waals surface area contributed by atoms with Gasteiger partial charge < -0.3 is 15.5 Å². The molecule has 2 aromatic carbocycles. The zero-order valence-corrected chi connectivity index (χ0v) is 18.8. The van der Waals surface area contributed by atoms with Crippen molar-refractivity contribution in [1.82, 2.24) is 29.8 Å². The standard InChI is InChI=1S/C24H27N7O/c1-16-12-17(2)14-20(13-16)27-24-28-22-21(25-9-11-31(22)29-24)18-6-5-7-19(15-18)23(32)26-8-10-30(3)4/h5-7,9,11-15H,8,10H2,1-4H3,(H,26,32)(H,27,29). The summed E-state index contributed by atoms with van der Waals surface area (Å²) in [6, 6.07) is 13.6. The molecule has 0 saturated carbocycles. The third kappa shape index (κ3) is 4.92. The number of rotatable bonds is 7. The minimum atomic E-state index is -0.112. The minimum Gasteiger partial charge on any atom is -0.351 e. The maximum Gasteiger partial charge on any atom is 0.251 e. The molecule has 0 radical (unpaired) electrons. The second-order valence-corrected chi connectivity index (χ2v) is 8.12. The van der Waals surface area contributed by atoms with Crippen LogP contribution in [-0.4, -0.2) is 57.6 Å². The van der Waals surface area contributed by atoms with E-state index in [1.54, 1.807) is 23.0 Å². The fourth-order valence-electron chi connectivity index (χ4n) is 3.55. The zero-order valence-electron chi connectivity index (χ0n) is 18.8. The number of fused-ring (bicyclic) bond motifs is 1. The third-order valence-corrected chi connectivity index (χ3v) is 4.98. The lowest BCUT2D eigenvalue weighted by atomic mass is 10.1. The van der Waals surface area contributed by atoms with Gasteiger partial charge in [0, 0.05) is 42.3 Å². The number of benzene rings is 2. The highest BCUT2D eigenvalue weighted by Gasteiger charge is 2.14. The van der Waals surface area contributed by atoms with E-state index in [-0.39, 0.29) is 5.91 Å². The molecule has 4 aromatic rings. The molecule has 0 aliphatic carbocycles. The number of anilines is 2. The van der Waals surface area contributed by atoms with E-state index in [1.807, 2.05) is 37.2 Å². The van der Waals surface area contributed by atoms with E-state index in [9.17, 15) is 4.79 Å². The average Bonchev–Trinajstić information content (AvgIpc) is 3.15. The number of hydrogen-bond acceptors (Lipinski definition) is 6. The summed E-state index contributed by atoms with van der Waals surface area (Å²) >= 11 is 0. The van der Waals surface area contributed by atoms with Gasteiger partial charge in [-0.15, -0.1) is 5.10 Å². The van der Waals surface area contributed by atoms with E-state index >= 15 is 0 Å². The Morgan fingerprint density at radius 3 is 2.62 bits per heavy atom. The summed E-state index contributed by atoms with van der Waals surface area (Å²) in [5.74, 6) is 0.376. The molecule has 0 spiro atoms. The maximum atomic E-state index is 12.5. The Bertz CT molecular complexity index is 1240. The van der Waals surface area contributed by atoms with Gasteiger partial charge in [-0.2, -0.15) is 4.98 Å². The summed E-state index contributed by atoms with van der Waals surface area (Å²) in [6.07, 6.45) is 3.44. The van der Waals surface area contributed by atoms with Gasteiger partial charge >= 0.3 is 0 Å². The number of aromatic nitrogens is 4. The lowest BCUT2D eigenvalue weighted by Crippen LogP contribution is -2.31. The minimum absolute atomic E-state index is 0.112. The van der Waals surface area contributed by atoms with Crippen LogP contribution in [0.5, 0.6) is 0 Å². The SMILES string of the molecule is Cc1cc(C)cc(Nc2nc3c(-c4cccc(C(=O)NCCN(C)C)c4)nccn3n2)c1. The molecular formula is C24H27N7O. The largest absolute Gasteiger partial charge is 0.351 e. The first-order valence-corrected chi connectivity index (χ1v) is 10.5. The van der Waals surface area contributed by atoms with Crippen molar-refractivity contribution in [3.8, 4) is 11.3 Å². The highest BCUT2D eigenvalue weighted by atomic mass is 16.1. The number of nitrogens with one attached hydrogen (secondary N) is 2. The van der Waals surface area contributed by atoms with Crippen LogP contribution in [0.25, 0.3) is 16.9 Å². The molecule has 8 heteroatoms. The highest BCUT2D eigenvalue weighted by molar-refractivity contribution is 5.95. The van der Waals surface area contributed by atoms with Crippen LogP contribution >= 0.6 is 0 Å². The number of amides is 1. The van der Waals surface area contributed by atoms with Crippen LogP contribution in [-0.2, 0) is 0 Å². The Kier molecular flexibility index (Phi) is 6.13. The number of nitrogens with zero attached hydrogens (tertiary/aromatic N) is 5. The number of likely N-dealkylation sites (N-methyl/N-ethyl adjacent to an activating group) is 1. The molecule has 0 saturated heterocycles. The van der Waals surface area contributed by atoms with E-state index in [4.69, 9.17) is 0 Å². The molecule has 0 aliphatic heterocycles. The first-order chi connectivity index (χ1) is 15.4. The zero-order chi connectivity index (χ0) is 22.7. The lowest BCUT2D eigenvalue weighted by Gasteiger charge is -2.11. The van der Waals surface area contributed by atoms with Gasteiger partial charge in [0.05, 0.1) is 0 Å². The van der Waals surface area contributed by atoms with Gasteiger partial charge in [-0.05, 0) is 63.3 Å². The summed E-state index contributed by atoms with van der Waals surface area (Å²) in [5.41, 5.74) is 5.93. The molecule has 4 rings (SSSR count). The number of hydrogen-bond donors (Lipinski definition) is 2. The Morgan fingerprint density at radius 1 is 1.09 bits per heavy atom. The van der Waals surface area contributed by atoms with Crippen molar-refractivity contribution in [2.24, 2.45) is 0 Å². The van der Waals surface area contributed by atoms with Crippen molar-refractivity contribution in [3.63, 3.8) is 0 Å². The van der Waals surface area contributed by atoms with Crippen molar-refractivity contribution in [3.05, 3.63) is 71.5 Å². The van der Waals surface area contributed by atoms with E-state index in [2.05, 4.69) is 57.7 Å². The Labute approximate surface area is 187 Å². The molecule has 32 heavy (non-hydrogen) atoms. The van der Waals surface area contributed by atoms with Crippen LogP contribution < -0.4 is 10.6 Å². The molecule has 0 unspecified atom stereocenters. The van der Waals surface area contributed by atoms with Crippen LogP contribution in [0.4, 0.5) is 11.6 Å². The molecular weight excluding hydrogens is 402 g/mol. The Hall–Kier alpha value is -3.78. The quantitative estimate of drug-likeness (QED) is 0.468. The van der Waals surface area contributed by atoms with E-state index in [1.165, 1.54) is 11.1 Å². The van der Waals surface area contributed by atoms with Crippen molar-refractivity contribution in [2.45, 2.75) is 13.8 Å². The Balaban J connectivity index is 1.61. The molecule has 2 aromatic heterocycles. The van der Waals surface area contributed by atoms with E-state index in [0.29, 0.717) is 29.4 Å². The number of aryl methyl sites for hydroxylation is 2. The summed E-state index contributed by atoms with van der Waals surface area (Å²) < 4.78 is 1.69. The van der Waals surface area contributed by atoms with E-state index < -0.39 is 0 Å². The molecule has 2 N–H and O–H groups in total. The fourth-order valence-corrected chi connectivity index (χ4v) is 3.55. The summed E-state index contributed by atoms with van der Waals surface area (Å²) in [6.45, 7) is 5.48. The van der Waals surface area contributed by atoms with Crippen LogP contribution in [0.2, 0.25) is 0 Å². The highest BCUT2D eigenvalue weighted by Crippen LogP contribution is 2.24. The van der Waals surface area contributed by atoms with Crippen molar-refractivity contribution >= 4 is 23.2 Å². The van der Waals surface area contributed by atoms with Crippen LogP contribution in [0.15, 0.2) is 54.9 Å². The summed E-state index contributed by atoms with van der Waals surface area (Å²) in [7, 11) is 3.95. The smallest absolute Gasteiger partial charge is 0.251 e. The lowest BCUT2D eigenvalue weighted by molar-refractivity contribution is 0.0951. The van der Waals surface area contributed by atoms with E-state index in [0.717, 1.165) is 17.8 Å². The first-order valence-electron chi connectivity index (χ1n) is 10.5. The average molecular weight is 430 g/mol.